The van der Waals surface area contributed by atoms with Crippen molar-refractivity contribution in [2.24, 2.45) is 0 Å². The Bertz CT molecular complexity index is 53.7. The van der Waals surface area contributed by atoms with E-state index in [9.17, 15) is 0 Å². The van der Waals surface area contributed by atoms with E-state index in [2.05, 4.69) is 0 Å². The molecule has 0 atom stereocenters. The molecule has 0 saturated carbocycles. The first-order valence-corrected chi connectivity index (χ1v) is 2.24. The Morgan fingerprint density at radius 3 is 1.50 bits per heavy atom. The Kier molecular flexibility index (Phi) is 5.20. The molecule has 0 aromatic heterocycles. The third kappa shape index (κ3) is 76.8. The Labute approximate surface area is 54.6 Å². The van der Waals surface area contributed by atoms with Crippen LogP contribution in [0.2, 0.25) is 0 Å². The van der Waals surface area contributed by atoms with Crippen LogP contribution in [0.3, 0.4) is 0 Å². The monoisotopic (exact) mass is 210 g/mol. The quantitative estimate of drug-likeness (QED) is 0.362. The summed E-state index contributed by atoms with van der Waals surface area (Å²) in [6.45, 7) is 0. The predicted molar refractivity (Wildman–Crippen MR) is 9.83 cm³/mol. The first-order valence-electron chi connectivity index (χ1n) is 0.748. The molecule has 0 spiro atoms. The number of hydrogen-bond donors (Lipinski definition) is 1. The standard InChI is InChI=1S/Cd.H3O4P/c;1-5(2,3)4/h;(H3,1,2,3,4)/p-2. The van der Waals surface area contributed by atoms with E-state index in [1.54, 1.807) is 0 Å². The Balaban J connectivity index is 0. The van der Waals surface area contributed by atoms with Crippen molar-refractivity contribution in [3.8, 4) is 0 Å². The van der Waals surface area contributed by atoms with Crippen molar-refractivity contribution in [1.82, 2.24) is 0 Å². The van der Waals surface area contributed by atoms with E-state index in [1.807, 2.05) is 0 Å². The van der Waals surface area contributed by atoms with Gasteiger partial charge in [-0.2, -0.15) is 0 Å². The van der Waals surface area contributed by atoms with E-state index >= 15 is 0 Å². The zero-order valence-electron chi connectivity index (χ0n) is 2.83. The molecule has 0 aromatic carbocycles. The molecule has 0 unspecified atom stereocenters. The minimum Gasteiger partial charge on any atom is -0.790 e. The van der Waals surface area contributed by atoms with Crippen LogP contribution < -0.4 is 9.79 Å². The van der Waals surface area contributed by atoms with Crippen molar-refractivity contribution in [2.45, 2.75) is 0 Å². The molecule has 0 radical (unpaired) electrons. The van der Waals surface area contributed by atoms with Gasteiger partial charge in [0.25, 0.3) is 0 Å². The fraction of sp³-hybridized carbons (Fsp3) is 0. The summed E-state index contributed by atoms with van der Waals surface area (Å²) < 4.78 is 8.66. The van der Waals surface area contributed by atoms with E-state index in [0.29, 0.717) is 0 Å². The van der Waals surface area contributed by atoms with Crippen molar-refractivity contribution in [1.29, 1.82) is 0 Å². The van der Waals surface area contributed by atoms with Crippen LogP contribution in [0, 0.1) is 0 Å². The van der Waals surface area contributed by atoms with Gasteiger partial charge in [-0.15, -0.1) is 0 Å². The molecule has 0 aliphatic carbocycles. The summed E-state index contributed by atoms with van der Waals surface area (Å²) >= 11 is 0. The second kappa shape index (κ2) is 3.09. The maximum Gasteiger partial charge on any atom is 0.0557 e. The number of phosphoric acid groups is 1. The molecule has 0 fully saturated rings. The van der Waals surface area contributed by atoms with Crippen molar-refractivity contribution in [2.75, 3.05) is 0 Å². The normalized spacial score (nSPS) is 9.83. The molecule has 0 aliphatic heterocycles. The molecule has 0 amide bonds. The van der Waals surface area contributed by atoms with Gasteiger partial charge in [-0.05, 0) is 0 Å². The smallest absolute Gasteiger partial charge is 0.0557 e. The zero-order chi connectivity index (χ0) is 4.50. The van der Waals surface area contributed by atoms with Crippen LogP contribution in [0.25, 0.3) is 0 Å². The molecule has 0 bridgehead atoms. The van der Waals surface area contributed by atoms with Crippen LogP contribution in [0.1, 0.15) is 0 Å². The van der Waals surface area contributed by atoms with E-state index in [-0.39, 0.29) is 27.3 Å². The molecular formula is HCdO4P-2. The molecule has 0 rings (SSSR count). The third-order valence-electron chi connectivity index (χ3n) is 0. The van der Waals surface area contributed by atoms with Crippen LogP contribution >= 0.6 is 7.82 Å². The number of rotatable bonds is 0. The third-order valence-corrected chi connectivity index (χ3v) is 0. The first-order chi connectivity index (χ1) is 2.00. The van der Waals surface area contributed by atoms with Gasteiger partial charge in [-0.3, -0.25) is 0 Å². The van der Waals surface area contributed by atoms with E-state index in [0.717, 1.165) is 0 Å². The van der Waals surface area contributed by atoms with Gasteiger partial charge in [0.15, 0.2) is 0 Å². The average Bonchev–Trinajstić information content (AvgIpc) is 0.722. The van der Waals surface area contributed by atoms with Crippen LogP contribution in [0.5, 0.6) is 0 Å². The second-order valence-corrected chi connectivity index (χ2v) is 1.41. The molecule has 0 aromatic rings. The molecule has 34 valence electrons. The van der Waals surface area contributed by atoms with Gasteiger partial charge >= 0.3 is 0 Å². The average molecular weight is 208 g/mol. The van der Waals surface area contributed by atoms with Gasteiger partial charge < -0.3 is 19.2 Å². The van der Waals surface area contributed by atoms with Crippen molar-refractivity contribution >= 4 is 7.82 Å². The predicted octanol–water partition coefficient (Wildman–Crippen LogP) is -2.20. The van der Waals surface area contributed by atoms with Crippen molar-refractivity contribution in [3.63, 3.8) is 0 Å². The summed E-state index contributed by atoms with van der Waals surface area (Å²) in [7, 11) is -5.14. The van der Waals surface area contributed by atoms with Crippen LogP contribution in [0.15, 0.2) is 0 Å². The fourth-order valence-electron chi connectivity index (χ4n) is 0. The molecule has 1 N–H and O–H groups in total. The summed E-state index contributed by atoms with van der Waals surface area (Å²) in [6.07, 6.45) is 0. The topological polar surface area (TPSA) is 83.4 Å². The van der Waals surface area contributed by atoms with Gasteiger partial charge in [0.05, 0.1) is 7.82 Å². The van der Waals surface area contributed by atoms with Gasteiger partial charge in [-0.1, -0.05) is 0 Å². The minimum atomic E-state index is -5.14. The largest absolute Gasteiger partial charge is 0.790 e. The maximum absolute atomic E-state index is 8.66. The second-order valence-electron chi connectivity index (χ2n) is 0.469. The first kappa shape index (κ1) is 10.1. The molecule has 0 heterocycles. The fourth-order valence-corrected chi connectivity index (χ4v) is 0. The zero-order valence-corrected chi connectivity index (χ0v) is 7.76. The van der Waals surface area contributed by atoms with Crippen LogP contribution in [0.4, 0.5) is 0 Å². The maximum atomic E-state index is 8.66. The summed E-state index contributed by atoms with van der Waals surface area (Å²) in [4.78, 5) is 24.3. The summed E-state index contributed by atoms with van der Waals surface area (Å²) in [5, 5.41) is 0. The Morgan fingerprint density at radius 2 is 1.50 bits per heavy atom. The van der Waals surface area contributed by atoms with Crippen LogP contribution in [-0.4, -0.2) is 4.89 Å². The number of hydrogen-bond acceptors (Lipinski definition) is 3. The van der Waals surface area contributed by atoms with Gasteiger partial charge in [0.1, 0.15) is 0 Å². The molecule has 0 aliphatic rings. The van der Waals surface area contributed by atoms with Gasteiger partial charge in [0, 0.05) is 27.3 Å². The summed E-state index contributed by atoms with van der Waals surface area (Å²) in [6, 6.07) is 0. The minimum absolute atomic E-state index is 0. The summed E-state index contributed by atoms with van der Waals surface area (Å²) in [5.74, 6) is 0. The van der Waals surface area contributed by atoms with Crippen molar-refractivity contribution < 1.29 is 46.5 Å². The van der Waals surface area contributed by atoms with Gasteiger partial charge in [-0.25, -0.2) is 0 Å². The van der Waals surface area contributed by atoms with E-state index < -0.39 is 7.82 Å². The van der Waals surface area contributed by atoms with Crippen molar-refractivity contribution in [3.05, 3.63) is 0 Å². The SMILES string of the molecule is O=P([O-])([O-])O.[Cd]. The summed E-state index contributed by atoms with van der Waals surface area (Å²) in [5.41, 5.74) is 0. The molecule has 6 heteroatoms. The molecule has 4 nitrogen and oxygen atoms in total. The molecule has 0 saturated heterocycles. The molecule has 6 heavy (non-hydrogen) atoms. The van der Waals surface area contributed by atoms with Gasteiger partial charge in [0.2, 0.25) is 0 Å². The van der Waals surface area contributed by atoms with E-state index in [4.69, 9.17) is 19.2 Å². The Morgan fingerprint density at radius 1 is 1.50 bits per heavy atom. The van der Waals surface area contributed by atoms with E-state index in [1.165, 1.54) is 0 Å². The van der Waals surface area contributed by atoms with Crippen LogP contribution in [-0.2, 0) is 31.9 Å². The molecular weight excluding hydrogens is 207 g/mol. The Hall–Kier alpha value is 1.03.